The van der Waals surface area contributed by atoms with Crippen molar-refractivity contribution in [2.24, 2.45) is 0 Å². The highest BCUT2D eigenvalue weighted by molar-refractivity contribution is 5.85. The summed E-state index contributed by atoms with van der Waals surface area (Å²) in [6.07, 6.45) is 1.91. The maximum absolute atomic E-state index is 5.06. The lowest BCUT2D eigenvalue weighted by Gasteiger charge is -2.32. The third kappa shape index (κ3) is 4.28. The molecule has 0 unspecified atom stereocenters. The number of hydrogen-bond acceptors (Lipinski definition) is 4. The first-order valence-corrected chi connectivity index (χ1v) is 5.76. The van der Waals surface area contributed by atoms with Gasteiger partial charge in [0.2, 0.25) is 5.88 Å². The van der Waals surface area contributed by atoms with E-state index in [0.717, 1.165) is 26.2 Å². The first-order chi connectivity index (χ1) is 7.81. The summed E-state index contributed by atoms with van der Waals surface area (Å²) in [5.41, 5.74) is 1.25. The summed E-state index contributed by atoms with van der Waals surface area (Å²) in [6, 6.07) is 4.45. The maximum atomic E-state index is 5.06. The van der Waals surface area contributed by atoms with Crippen LogP contribution in [0.4, 0.5) is 0 Å². The number of piperazine rings is 1. The van der Waals surface area contributed by atoms with Crippen molar-refractivity contribution in [3.8, 4) is 5.88 Å². The van der Waals surface area contributed by atoms with Gasteiger partial charge in [-0.2, -0.15) is 0 Å². The van der Waals surface area contributed by atoms with Crippen LogP contribution in [0.2, 0.25) is 0 Å². The van der Waals surface area contributed by atoms with Crippen LogP contribution in [0.15, 0.2) is 18.3 Å². The Kier molecular flexibility index (Phi) is 8.27. The molecule has 1 aliphatic rings. The molecule has 1 aliphatic heterocycles. The minimum atomic E-state index is 0. The Balaban J connectivity index is 0.00000144. The van der Waals surface area contributed by atoms with Gasteiger partial charge in [-0.05, 0) is 12.5 Å². The van der Waals surface area contributed by atoms with Gasteiger partial charge in [-0.25, -0.2) is 4.98 Å². The molecule has 4 nitrogen and oxygen atoms in total. The molecule has 1 aromatic rings. The molecule has 0 saturated carbocycles. The third-order valence-corrected chi connectivity index (χ3v) is 3.15. The van der Waals surface area contributed by atoms with Gasteiger partial charge in [0.1, 0.15) is 0 Å². The molecule has 6 heteroatoms. The summed E-state index contributed by atoms with van der Waals surface area (Å²) < 4.78 is 5.06. The lowest BCUT2D eigenvalue weighted by Crippen LogP contribution is -2.44. The lowest BCUT2D eigenvalue weighted by molar-refractivity contribution is 0.185. The summed E-state index contributed by atoms with van der Waals surface area (Å²) in [5, 5.41) is 3.36. The fourth-order valence-corrected chi connectivity index (χ4v) is 2.04. The molecule has 0 bridgehead atoms. The molecule has 1 atom stereocenters. The first kappa shape index (κ1) is 17.4. The Morgan fingerprint density at radius 3 is 2.44 bits per heavy atom. The van der Waals surface area contributed by atoms with E-state index >= 15 is 0 Å². The number of rotatable bonds is 3. The molecule has 0 radical (unpaired) electrons. The Hall–Kier alpha value is -0.550. The highest BCUT2D eigenvalue weighted by Crippen LogP contribution is 2.20. The lowest BCUT2D eigenvalue weighted by atomic mass is 10.1. The molecule has 0 aliphatic carbocycles. The topological polar surface area (TPSA) is 37.4 Å². The fraction of sp³-hybridized carbons (Fsp3) is 0.583. The van der Waals surface area contributed by atoms with Crippen molar-refractivity contribution in [3.63, 3.8) is 0 Å². The Morgan fingerprint density at radius 1 is 1.28 bits per heavy atom. The third-order valence-electron chi connectivity index (χ3n) is 3.15. The van der Waals surface area contributed by atoms with Crippen LogP contribution in [0.25, 0.3) is 0 Å². The zero-order chi connectivity index (χ0) is 11.4. The summed E-state index contributed by atoms with van der Waals surface area (Å²) in [7, 11) is 1.64. The highest BCUT2D eigenvalue weighted by Gasteiger charge is 2.17. The SMILES string of the molecule is COc1ccc([C@@H](C)N2CCNCC2)cn1.Cl.Cl. The number of ether oxygens (including phenoxy) is 1. The van der Waals surface area contributed by atoms with Crippen molar-refractivity contribution in [2.75, 3.05) is 33.3 Å². The van der Waals surface area contributed by atoms with E-state index in [4.69, 9.17) is 4.74 Å². The smallest absolute Gasteiger partial charge is 0.212 e. The van der Waals surface area contributed by atoms with Crippen LogP contribution in [0.3, 0.4) is 0 Å². The first-order valence-electron chi connectivity index (χ1n) is 5.76. The predicted octanol–water partition coefficient (Wildman–Crippen LogP) is 1.90. The van der Waals surface area contributed by atoms with E-state index in [1.165, 1.54) is 5.56 Å². The van der Waals surface area contributed by atoms with E-state index in [9.17, 15) is 0 Å². The number of hydrogen-bond donors (Lipinski definition) is 1. The highest BCUT2D eigenvalue weighted by atomic mass is 35.5. The second-order valence-electron chi connectivity index (χ2n) is 4.10. The predicted molar refractivity (Wildman–Crippen MR) is 78.1 cm³/mol. The molecule has 0 spiro atoms. The van der Waals surface area contributed by atoms with Gasteiger partial charge in [0.15, 0.2) is 0 Å². The summed E-state index contributed by atoms with van der Waals surface area (Å²) in [6.45, 7) is 6.59. The number of nitrogens with one attached hydrogen (secondary N) is 1. The quantitative estimate of drug-likeness (QED) is 0.924. The van der Waals surface area contributed by atoms with E-state index < -0.39 is 0 Å². The van der Waals surface area contributed by atoms with Gasteiger partial charge in [0, 0.05) is 44.5 Å². The van der Waals surface area contributed by atoms with Crippen LogP contribution >= 0.6 is 24.8 Å². The van der Waals surface area contributed by atoms with Gasteiger partial charge in [0.25, 0.3) is 0 Å². The summed E-state index contributed by atoms with van der Waals surface area (Å²) in [5.74, 6) is 0.677. The van der Waals surface area contributed by atoms with Crippen LogP contribution in [0.1, 0.15) is 18.5 Å². The van der Waals surface area contributed by atoms with E-state index in [1.807, 2.05) is 12.3 Å². The average molecular weight is 294 g/mol. The molecule has 1 saturated heterocycles. The summed E-state index contributed by atoms with van der Waals surface area (Å²) >= 11 is 0. The van der Waals surface area contributed by atoms with Crippen molar-refractivity contribution >= 4 is 24.8 Å². The molecule has 0 amide bonds. The van der Waals surface area contributed by atoms with Crippen molar-refractivity contribution in [2.45, 2.75) is 13.0 Å². The molecule has 1 N–H and O–H groups in total. The molecule has 18 heavy (non-hydrogen) atoms. The van der Waals surface area contributed by atoms with E-state index in [1.54, 1.807) is 7.11 Å². The van der Waals surface area contributed by atoms with Gasteiger partial charge in [-0.3, -0.25) is 4.90 Å². The average Bonchev–Trinajstić information content (AvgIpc) is 2.39. The molecule has 1 aromatic heterocycles. The monoisotopic (exact) mass is 293 g/mol. The van der Waals surface area contributed by atoms with Crippen LogP contribution in [0, 0.1) is 0 Å². The van der Waals surface area contributed by atoms with Crippen LogP contribution in [-0.2, 0) is 0 Å². The minimum absolute atomic E-state index is 0. The molecular weight excluding hydrogens is 273 g/mol. The number of aromatic nitrogens is 1. The Bertz CT molecular complexity index is 329. The Morgan fingerprint density at radius 2 is 1.94 bits per heavy atom. The zero-order valence-corrected chi connectivity index (χ0v) is 12.4. The fourth-order valence-electron chi connectivity index (χ4n) is 2.04. The van der Waals surface area contributed by atoms with Crippen molar-refractivity contribution in [1.29, 1.82) is 0 Å². The van der Waals surface area contributed by atoms with Crippen LogP contribution in [-0.4, -0.2) is 43.2 Å². The second kappa shape index (κ2) is 8.53. The van der Waals surface area contributed by atoms with Gasteiger partial charge in [0.05, 0.1) is 7.11 Å². The van der Waals surface area contributed by atoms with E-state index in [-0.39, 0.29) is 24.8 Å². The van der Waals surface area contributed by atoms with Crippen molar-refractivity contribution in [1.82, 2.24) is 15.2 Å². The molecule has 104 valence electrons. The van der Waals surface area contributed by atoms with Gasteiger partial charge in [-0.1, -0.05) is 6.07 Å². The van der Waals surface area contributed by atoms with Crippen molar-refractivity contribution < 1.29 is 4.74 Å². The standard InChI is InChI=1S/C12H19N3O.2ClH/c1-10(15-7-5-13-6-8-15)11-3-4-12(16-2)14-9-11;;/h3-4,9-10,13H,5-8H2,1-2H3;2*1H/t10-;;/m1../s1. The summed E-state index contributed by atoms with van der Waals surface area (Å²) in [4.78, 5) is 6.72. The molecule has 2 rings (SSSR count). The maximum Gasteiger partial charge on any atom is 0.212 e. The molecular formula is C12H21Cl2N3O. The number of nitrogens with zero attached hydrogens (tertiary/aromatic N) is 2. The number of pyridine rings is 1. The van der Waals surface area contributed by atoms with E-state index in [0.29, 0.717) is 11.9 Å². The van der Waals surface area contributed by atoms with Gasteiger partial charge >= 0.3 is 0 Å². The largest absolute Gasteiger partial charge is 0.481 e. The van der Waals surface area contributed by atoms with Crippen LogP contribution in [0.5, 0.6) is 5.88 Å². The molecule has 1 fully saturated rings. The Labute approximate surface area is 121 Å². The normalized spacial score (nSPS) is 17.2. The van der Waals surface area contributed by atoms with Gasteiger partial charge in [-0.15, -0.1) is 24.8 Å². The zero-order valence-electron chi connectivity index (χ0n) is 10.8. The molecule has 0 aromatic carbocycles. The van der Waals surface area contributed by atoms with Crippen LogP contribution < -0.4 is 10.1 Å². The minimum Gasteiger partial charge on any atom is -0.481 e. The second-order valence-corrected chi connectivity index (χ2v) is 4.10. The number of methoxy groups -OCH3 is 1. The van der Waals surface area contributed by atoms with Crippen molar-refractivity contribution in [3.05, 3.63) is 23.9 Å². The number of halogens is 2. The van der Waals surface area contributed by atoms with Gasteiger partial charge < -0.3 is 10.1 Å². The molecule has 2 heterocycles. The van der Waals surface area contributed by atoms with E-state index in [2.05, 4.69) is 28.2 Å².